The largest absolute Gasteiger partial charge is 0.353 e. The van der Waals surface area contributed by atoms with E-state index in [2.05, 4.69) is 15.6 Å². The van der Waals surface area contributed by atoms with Crippen molar-refractivity contribution < 1.29 is 4.79 Å². The van der Waals surface area contributed by atoms with Crippen LogP contribution in [0.5, 0.6) is 0 Å². The second kappa shape index (κ2) is 4.19. The van der Waals surface area contributed by atoms with Crippen LogP contribution in [0.2, 0.25) is 0 Å². The average molecular weight is 197 g/mol. The highest BCUT2D eigenvalue weighted by molar-refractivity contribution is 5.75. The number of hydrogen-bond donors (Lipinski definition) is 2. The van der Waals surface area contributed by atoms with Crippen LogP contribution in [-0.4, -0.2) is 33.0 Å². The lowest BCUT2D eigenvalue weighted by atomic mass is 10.1. The molecule has 0 aliphatic carbocycles. The van der Waals surface area contributed by atoms with Crippen LogP contribution in [0.25, 0.3) is 0 Å². The summed E-state index contributed by atoms with van der Waals surface area (Å²) in [6, 6.07) is 0. The van der Waals surface area contributed by atoms with Gasteiger partial charge in [-0.3, -0.25) is 4.79 Å². The molecule has 1 rings (SSSR count). The van der Waals surface area contributed by atoms with Gasteiger partial charge in [0.15, 0.2) is 0 Å². The van der Waals surface area contributed by atoms with E-state index in [4.69, 9.17) is 5.73 Å². The van der Waals surface area contributed by atoms with Gasteiger partial charge in [-0.05, 0) is 13.8 Å². The normalized spacial score (nSPS) is 11.4. The van der Waals surface area contributed by atoms with Crippen LogP contribution >= 0.6 is 0 Å². The van der Waals surface area contributed by atoms with E-state index >= 15 is 0 Å². The van der Waals surface area contributed by atoms with E-state index < -0.39 is 5.54 Å². The number of carbonyl (C=O) groups excluding carboxylic acids is 1. The van der Waals surface area contributed by atoms with Crippen LogP contribution in [0.15, 0.2) is 12.4 Å². The first-order valence-corrected chi connectivity index (χ1v) is 4.37. The Morgan fingerprint density at radius 1 is 1.64 bits per heavy atom. The lowest BCUT2D eigenvalue weighted by molar-refractivity contribution is -0.122. The fraction of sp³-hybridized carbons (Fsp3) is 0.625. The molecule has 1 aromatic rings. The quantitative estimate of drug-likeness (QED) is 0.657. The van der Waals surface area contributed by atoms with Crippen LogP contribution in [0.4, 0.5) is 0 Å². The Balaban J connectivity index is 2.30. The highest BCUT2D eigenvalue weighted by Crippen LogP contribution is 1.92. The van der Waals surface area contributed by atoms with Crippen molar-refractivity contribution >= 4 is 5.91 Å². The first-order valence-electron chi connectivity index (χ1n) is 4.37. The fourth-order valence-electron chi connectivity index (χ4n) is 0.846. The van der Waals surface area contributed by atoms with Crippen molar-refractivity contribution in [3.8, 4) is 0 Å². The maximum Gasteiger partial charge on any atom is 0.241 e. The first kappa shape index (κ1) is 10.6. The molecular weight excluding hydrogens is 182 g/mol. The molecule has 0 spiro atoms. The van der Waals surface area contributed by atoms with Crippen molar-refractivity contribution in [2.24, 2.45) is 5.73 Å². The number of hydrogen-bond acceptors (Lipinski definition) is 4. The van der Waals surface area contributed by atoms with Crippen LogP contribution in [0.1, 0.15) is 13.8 Å². The molecule has 78 valence electrons. The molecule has 1 aromatic heterocycles. The minimum absolute atomic E-state index is 0.117. The van der Waals surface area contributed by atoms with Crippen molar-refractivity contribution in [1.82, 2.24) is 20.3 Å². The van der Waals surface area contributed by atoms with Crippen LogP contribution in [-0.2, 0) is 11.3 Å². The van der Waals surface area contributed by atoms with Crippen LogP contribution in [0.3, 0.4) is 0 Å². The summed E-state index contributed by atoms with van der Waals surface area (Å²) in [4.78, 5) is 11.3. The Kier molecular flexibility index (Phi) is 3.19. The van der Waals surface area contributed by atoms with Crippen molar-refractivity contribution in [3.63, 3.8) is 0 Å². The van der Waals surface area contributed by atoms with Gasteiger partial charge in [0, 0.05) is 18.3 Å². The maximum absolute atomic E-state index is 11.3. The zero-order valence-corrected chi connectivity index (χ0v) is 8.40. The summed E-state index contributed by atoms with van der Waals surface area (Å²) >= 11 is 0. The van der Waals surface area contributed by atoms with E-state index in [1.54, 1.807) is 6.20 Å². The van der Waals surface area contributed by atoms with E-state index in [9.17, 15) is 4.79 Å². The molecule has 0 saturated heterocycles. The Hall–Kier alpha value is -1.43. The number of nitrogens with two attached hydrogens (primary N) is 1. The average Bonchev–Trinajstić information content (AvgIpc) is 2.52. The number of aromatic nitrogens is 3. The minimum Gasteiger partial charge on any atom is -0.353 e. The van der Waals surface area contributed by atoms with Gasteiger partial charge in [0.25, 0.3) is 0 Å². The Morgan fingerprint density at radius 2 is 2.36 bits per heavy atom. The third kappa shape index (κ3) is 3.99. The zero-order valence-electron chi connectivity index (χ0n) is 8.40. The maximum atomic E-state index is 11.3. The van der Waals surface area contributed by atoms with E-state index in [-0.39, 0.29) is 12.5 Å². The molecule has 0 bridgehead atoms. The monoisotopic (exact) mass is 197 g/mol. The van der Waals surface area contributed by atoms with Gasteiger partial charge in [-0.25, -0.2) is 4.68 Å². The zero-order chi connectivity index (χ0) is 10.6. The molecule has 0 saturated carbocycles. The fourth-order valence-corrected chi connectivity index (χ4v) is 0.846. The Labute approximate surface area is 82.5 Å². The predicted octanol–water partition coefficient (Wildman–Crippen LogP) is -0.868. The summed E-state index contributed by atoms with van der Waals surface area (Å²) in [5, 5.41) is 9.98. The van der Waals surface area contributed by atoms with Crippen molar-refractivity contribution in [2.45, 2.75) is 25.9 Å². The van der Waals surface area contributed by atoms with Gasteiger partial charge in [0.2, 0.25) is 5.91 Å². The summed E-state index contributed by atoms with van der Waals surface area (Å²) in [7, 11) is 0. The molecule has 14 heavy (non-hydrogen) atoms. The molecule has 6 nitrogen and oxygen atoms in total. The lowest BCUT2D eigenvalue weighted by Gasteiger charge is -2.18. The molecule has 1 heterocycles. The van der Waals surface area contributed by atoms with Gasteiger partial charge in [-0.2, -0.15) is 0 Å². The molecule has 0 aliphatic rings. The number of carbonyl (C=O) groups is 1. The number of nitrogens with zero attached hydrogens (tertiary/aromatic N) is 3. The SMILES string of the molecule is CC(C)(N)CNC(=O)Cn1ccnn1. The van der Waals surface area contributed by atoms with Crippen molar-refractivity contribution in [1.29, 1.82) is 0 Å². The van der Waals surface area contributed by atoms with E-state index in [0.29, 0.717) is 6.54 Å². The second-order valence-electron chi connectivity index (χ2n) is 3.87. The van der Waals surface area contributed by atoms with Gasteiger partial charge >= 0.3 is 0 Å². The van der Waals surface area contributed by atoms with E-state index in [1.165, 1.54) is 10.9 Å². The summed E-state index contributed by atoms with van der Waals surface area (Å²) in [5.74, 6) is -0.117. The number of amides is 1. The molecular formula is C8H15N5O. The molecule has 0 aliphatic heterocycles. The molecule has 0 unspecified atom stereocenters. The molecule has 0 fully saturated rings. The van der Waals surface area contributed by atoms with Gasteiger partial charge < -0.3 is 11.1 Å². The van der Waals surface area contributed by atoms with Gasteiger partial charge in [0.1, 0.15) is 6.54 Å². The lowest BCUT2D eigenvalue weighted by Crippen LogP contribution is -2.45. The number of nitrogens with one attached hydrogen (secondary N) is 1. The summed E-state index contributed by atoms with van der Waals surface area (Å²) in [6.45, 7) is 4.32. The smallest absolute Gasteiger partial charge is 0.241 e. The third-order valence-corrected chi connectivity index (χ3v) is 1.52. The molecule has 0 aromatic carbocycles. The minimum atomic E-state index is -0.391. The molecule has 6 heteroatoms. The summed E-state index contributed by atoms with van der Waals surface area (Å²) in [5.41, 5.74) is 5.32. The Bertz CT molecular complexity index is 287. The van der Waals surface area contributed by atoms with E-state index in [0.717, 1.165) is 0 Å². The van der Waals surface area contributed by atoms with Crippen LogP contribution in [0, 0.1) is 0 Å². The number of rotatable bonds is 4. The Morgan fingerprint density at radius 3 is 2.86 bits per heavy atom. The second-order valence-corrected chi connectivity index (χ2v) is 3.87. The van der Waals surface area contributed by atoms with Gasteiger partial charge in [0.05, 0.1) is 6.20 Å². The first-order chi connectivity index (χ1) is 6.47. The summed E-state index contributed by atoms with van der Waals surface area (Å²) < 4.78 is 1.46. The van der Waals surface area contributed by atoms with Crippen molar-refractivity contribution in [3.05, 3.63) is 12.4 Å². The molecule has 1 amide bonds. The third-order valence-electron chi connectivity index (χ3n) is 1.52. The molecule has 0 atom stereocenters. The molecule has 0 radical (unpaired) electrons. The van der Waals surface area contributed by atoms with E-state index in [1.807, 2.05) is 13.8 Å². The van der Waals surface area contributed by atoms with Gasteiger partial charge in [-0.15, -0.1) is 5.10 Å². The predicted molar refractivity (Wildman–Crippen MR) is 51.3 cm³/mol. The van der Waals surface area contributed by atoms with Crippen molar-refractivity contribution in [2.75, 3.05) is 6.54 Å². The highest BCUT2D eigenvalue weighted by Gasteiger charge is 2.12. The van der Waals surface area contributed by atoms with Crippen LogP contribution < -0.4 is 11.1 Å². The summed E-state index contributed by atoms with van der Waals surface area (Å²) in [6.07, 6.45) is 3.16. The van der Waals surface area contributed by atoms with Gasteiger partial charge in [-0.1, -0.05) is 5.21 Å². The standard InChI is InChI=1S/C8H15N5O/c1-8(2,9)6-10-7(14)5-13-4-3-11-12-13/h3-4H,5-6,9H2,1-2H3,(H,10,14). The molecule has 3 N–H and O–H groups in total. The highest BCUT2D eigenvalue weighted by atomic mass is 16.2. The topological polar surface area (TPSA) is 85.8 Å².